The molecule has 0 saturated carbocycles. The summed E-state index contributed by atoms with van der Waals surface area (Å²) in [5.41, 5.74) is 3.39. The minimum atomic E-state index is -3.66. The number of hydrogen-bond donors (Lipinski definition) is 1. The van der Waals surface area contributed by atoms with Crippen LogP contribution in [0.3, 0.4) is 0 Å². The molecule has 0 aliphatic heterocycles. The summed E-state index contributed by atoms with van der Waals surface area (Å²) in [5, 5.41) is 2.82. The molecule has 3 aromatic rings. The van der Waals surface area contributed by atoms with Gasteiger partial charge in [-0.3, -0.25) is 9.10 Å². The third-order valence-electron chi connectivity index (χ3n) is 4.62. The molecule has 0 atom stereocenters. The van der Waals surface area contributed by atoms with Crippen molar-refractivity contribution in [2.24, 2.45) is 0 Å². The zero-order valence-corrected chi connectivity index (χ0v) is 18.6. The number of nitrogens with one attached hydrogen (secondary N) is 1. The van der Waals surface area contributed by atoms with Gasteiger partial charge in [-0.2, -0.15) is 0 Å². The van der Waals surface area contributed by atoms with Crippen molar-refractivity contribution < 1.29 is 17.9 Å². The van der Waals surface area contributed by atoms with Crippen LogP contribution in [0.1, 0.15) is 18.1 Å². The van der Waals surface area contributed by atoms with Crippen molar-refractivity contribution in [2.45, 2.75) is 25.7 Å². The lowest BCUT2D eigenvalue weighted by Gasteiger charge is -2.23. The van der Waals surface area contributed by atoms with Gasteiger partial charge in [0.05, 0.1) is 10.6 Å². The summed E-state index contributed by atoms with van der Waals surface area (Å²) in [5.74, 6) is 0.211. The van der Waals surface area contributed by atoms with Gasteiger partial charge in [-0.1, -0.05) is 24.3 Å². The van der Waals surface area contributed by atoms with E-state index in [2.05, 4.69) is 5.32 Å². The smallest absolute Gasteiger partial charge is 0.264 e. The summed E-state index contributed by atoms with van der Waals surface area (Å²) in [7, 11) is -3.66. The van der Waals surface area contributed by atoms with Crippen molar-refractivity contribution in [1.29, 1.82) is 0 Å². The predicted octanol–water partition coefficient (Wildman–Crippen LogP) is 4.54. The number of nitrogens with zero attached hydrogens (tertiary/aromatic N) is 1. The molecular formula is C24H26N2O4S. The van der Waals surface area contributed by atoms with Crippen LogP contribution >= 0.6 is 0 Å². The summed E-state index contributed by atoms with van der Waals surface area (Å²) in [4.78, 5) is 12.4. The molecule has 0 spiro atoms. The minimum Gasteiger partial charge on any atom is -0.484 e. The van der Waals surface area contributed by atoms with Gasteiger partial charge in [-0.05, 0) is 80.4 Å². The van der Waals surface area contributed by atoms with E-state index in [4.69, 9.17) is 4.74 Å². The van der Waals surface area contributed by atoms with E-state index >= 15 is 0 Å². The average Bonchev–Trinajstić information content (AvgIpc) is 2.73. The molecule has 0 radical (unpaired) electrons. The number of carbonyl (C=O) groups is 1. The Labute approximate surface area is 183 Å². The number of carbonyl (C=O) groups excluding carboxylic acids is 1. The summed E-state index contributed by atoms with van der Waals surface area (Å²) in [6.07, 6.45) is 0. The molecule has 0 aliphatic rings. The average molecular weight is 439 g/mol. The molecule has 0 saturated heterocycles. The number of aryl methyl sites for hydroxylation is 2. The van der Waals surface area contributed by atoms with Crippen LogP contribution in [0.25, 0.3) is 0 Å². The van der Waals surface area contributed by atoms with Gasteiger partial charge in [-0.25, -0.2) is 8.42 Å². The number of benzene rings is 3. The SMILES string of the molecule is CCN(c1ccc(OCC(=O)Nc2cc(C)cc(C)c2)cc1)S(=O)(=O)c1ccccc1. The first-order chi connectivity index (χ1) is 14.8. The van der Waals surface area contributed by atoms with E-state index in [9.17, 15) is 13.2 Å². The molecular weight excluding hydrogens is 412 g/mol. The number of anilines is 2. The number of ether oxygens (including phenoxy) is 1. The Hall–Kier alpha value is -3.32. The third kappa shape index (κ3) is 5.64. The van der Waals surface area contributed by atoms with E-state index in [1.165, 1.54) is 4.31 Å². The van der Waals surface area contributed by atoms with E-state index in [-0.39, 0.29) is 24.0 Å². The Morgan fingerprint density at radius 1 is 0.935 bits per heavy atom. The zero-order chi connectivity index (χ0) is 22.4. The molecule has 0 aromatic heterocycles. The fourth-order valence-corrected chi connectivity index (χ4v) is 4.81. The topological polar surface area (TPSA) is 75.7 Å². The standard InChI is InChI=1S/C24H26N2O4S/c1-4-26(31(28,29)23-8-6-5-7-9-23)21-10-12-22(13-11-21)30-17-24(27)25-20-15-18(2)14-19(3)16-20/h5-16H,4,17H2,1-3H3,(H,25,27). The van der Waals surface area contributed by atoms with Gasteiger partial charge in [0.2, 0.25) is 0 Å². The van der Waals surface area contributed by atoms with Gasteiger partial charge in [0.15, 0.2) is 6.61 Å². The van der Waals surface area contributed by atoms with Crippen molar-refractivity contribution in [3.05, 3.63) is 83.9 Å². The Morgan fingerprint density at radius 3 is 2.13 bits per heavy atom. The maximum Gasteiger partial charge on any atom is 0.264 e. The second-order valence-corrected chi connectivity index (χ2v) is 9.05. The summed E-state index contributed by atoms with van der Waals surface area (Å²) >= 11 is 0. The van der Waals surface area contributed by atoms with Crippen molar-refractivity contribution in [1.82, 2.24) is 0 Å². The highest BCUT2D eigenvalue weighted by Gasteiger charge is 2.23. The minimum absolute atomic E-state index is 0.147. The molecule has 7 heteroatoms. The lowest BCUT2D eigenvalue weighted by atomic mass is 10.1. The molecule has 0 bridgehead atoms. The molecule has 162 valence electrons. The van der Waals surface area contributed by atoms with Gasteiger partial charge in [-0.15, -0.1) is 0 Å². The molecule has 0 fully saturated rings. The van der Waals surface area contributed by atoms with Gasteiger partial charge < -0.3 is 10.1 Å². The van der Waals surface area contributed by atoms with Crippen LogP contribution in [0.2, 0.25) is 0 Å². The van der Waals surface area contributed by atoms with E-state index in [0.717, 1.165) is 16.8 Å². The summed E-state index contributed by atoms with van der Waals surface area (Å²) in [6.45, 7) is 5.86. The molecule has 0 unspecified atom stereocenters. The second-order valence-electron chi connectivity index (χ2n) is 7.19. The van der Waals surface area contributed by atoms with Gasteiger partial charge in [0.1, 0.15) is 5.75 Å². The Balaban J connectivity index is 1.64. The Kier molecular flexibility index (Phi) is 6.97. The molecule has 31 heavy (non-hydrogen) atoms. The van der Waals surface area contributed by atoms with E-state index in [1.807, 2.05) is 32.0 Å². The summed E-state index contributed by atoms with van der Waals surface area (Å²) < 4.78 is 32.7. The molecule has 3 aromatic carbocycles. The molecule has 1 N–H and O–H groups in total. The van der Waals surface area contributed by atoms with E-state index in [0.29, 0.717) is 11.4 Å². The van der Waals surface area contributed by atoms with Crippen LogP contribution in [0.15, 0.2) is 77.7 Å². The van der Waals surface area contributed by atoms with Gasteiger partial charge in [0, 0.05) is 12.2 Å². The zero-order valence-electron chi connectivity index (χ0n) is 17.8. The highest BCUT2D eigenvalue weighted by atomic mass is 32.2. The lowest BCUT2D eigenvalue weighted by molar-refractivity contribution is -0.118. The van der Waals surface area contributed by atoms with E-state index in [1.54, 1.807) is 61.5 Å². The Bertz CT molecular complexity index is 1120. The van der Waals surface area contributed by atoms with Gasteiger partial charge in [0.25, 0.3) is 15.9 Å². The summed E-state index contributed by atoms with van der Waals surface area (Å²) in [6, 6.07) is 20.8. The molecule has 3 rings (SSSR count). The quantitative estimate of drug-likeness (QED) is 0.560. The highest BCUT2D eigenvalue weighted by Crippen LogP contribution is 2.25. The predicted molar refractivity (Wildman–Crippen MR) is 123 cm³/mol. The van der Waals surface area contributed by atoms with Crippen LogP contribution in [-0.4, -0.2) is 27.5 Å². The van der Waals surface area contributed by atoms with Crippen molar-refractivity contribution >= 4 is 27.3 Å². The molecule has 0 aliphatic carbocycles. The van der Waals surface area contributed by atoms with E-state index < -0.39 is 10.0 Å². The van der Waals surface area contributed by atoms with Crippen LogP contribution < -0.4 is 14.4 Å². The number of rotatable bonds is 8. The van der Waals surface area contributed by atoms with Crippen molar-refractivity contribution in [3.63, 3.8) is 0 Å². The highest BCUT2D eigenvalue weighted by molar-refractivity contribution is 7.92. The fraction of sp³-hybridized carbons (Fsp3) is 0.208. The number of amides is 1. The second kappa shape index (κ2) is 9.66. The first-order valence-electron chi connectivity index (χ1n) is 9.98. The number of hydrogen-bond acceptors (Lipinski definition) is 4. The van der Waals surface area contributed by atoms with Crippen LogP contribution in [0, 0.1) is 13.8 Å². The number of sulfonamides is 1. The monoisotopic (exact) mass is 438 g/mol. The van der Waals surface area contributed by atoms with Gasteiger partial charge >= 0.3 is 0 Å². The fourth-order valence-electron chi connectivity index (χ4n) is 3.31. The normalized spacial score (nSPS) is 11.1. The van der Waals surface area contributed by atoms with Crippen molar-refractivity contribution in [3.8, 4) is 5.75 Å². The van der Waals surface area contributed by atoms with Crippen LogP contribution in [-0.2, 0) is 14.8 Å². The van der Waals surface area contributed by atoms with Crippen LogP contribution in [0.4, 0.5) is 11.4 Å². The largest absolute Gasteiger partial charge is 0.484 e. The molecule has 6 nitrogen and oxygen atoms in total. The third-order valence-corrected chi connectivity index (χ3v) is 6.54. The maximum absolute atomic E-state index is 12.9. The molecule has 1 amide bonds. The molecule has 0 heterocycles. The Morgan fingerprint density at radius 2 is 1.55 bits per heavy atom. The maximum atomic E-state index is 12.9. The lowest BCUT2D eigenvalue weighted by Crippen LogP contribution is -2.30. The van der Waals surface area contributed by atoms with Crippen LogP contribution in [0.5, 0.6) is 5.75 Å². The first kappa shape index (κ1) is 22.4. The first-order valence-corrected chi connectivity index (χ1v) is 11.4. The van der Waals surface area contributed by atoms with Crippen molar-refractivity contribution in [2.75, 3.05) is 22.8 Å².